The lowest BCUT2D eigenvalue weighted by Crippen LogP contribution is -2.54. The Balaban J connectivity index is 1.62. The molecule has 0 aromatic heterocycles. The van der Waals surface area contributed by atoms with Crippen molar-refractivity contribution in [2.24, 2.45) is 0 Å². The van der Waals surface area contributed by atoms with Gasteiger partial charge in [0.25, 0.3) is 0 Å². The van der Waals surface area contributed by atoms with E-state index < -0.39 is 30.7 Å². The summed E-state index contributed by atoms with van der Waals surface area (Å²) in [4.78, 5) is 0. The van der Waals surface area contributed by atoms with Crippen LogP contribution in [0.1, 0.15) is 35.3 Å². The number of aliphatic hydroxyl groups is 3. The number of methoxy groups -OCH3 is 1. The van der Waals surface area contributed by atoms with E-state index >= 15 is 0 Å². The smallest absolute Gasteiger partial charge is 0.186 e. The second kappa shape index (κ2) is 8.91. The first-order valence-corrected chi connectivity index (χ1v) is 10.5. The van der Waals surface area contributed by atoms with Crippen LogP contribution in [0.25, 0.3) is 0 Å². The van der Waals surface area contributed by atoms with Gasteiger partial charge in [-0.1, -0.05) is 31.2 Å². The van der Waals surface area contributed by atoms with Crippen LogP contribution in [-0.4, -0.2) is 60.1 Å². The van der Waals surface area contributed by atoms with Gasteiger partial charge in [-0.25, -0.2) is 0 Å². The van der Waals surface area contributed by atoms with Gasteiger partial charge in [-0.3, -0.25) is 0 Å². The minimum atomic E-state index is -1.35. The largest absolute Gasteiger partial charge is 0.387 e. The third-order valence-electron chi connectivity index (χ3n) is 5.98. The summed E-state index contributed by atoms with van der Waals surface area (Å²) in [6.07, 6.45) is -4.04. The molecule has 0 spiro atoms. The molecular formula is C23H30N2O5. The van der Waals surface area contributed by atoms with Gasteiger partial charge in [0.05, 0.1) is 11.4 Å². The Hall–Kier alpha value is -2.16. The average molecular weight is 415 g/mol. The maximum Gasteiger partial charge on any atom is 0.186 e. The maximum absolute atomic E-state index is 10.5. The van der Waals surface area contributed by atoms with E-state index in [1.165, 1.54) is 18.2 Å². The van der Waals surface area contributed by atoms with E-state index in [-0.39, 0.29) is 0 Å². The van der Waals surface area contributed by atoms with Crippen LogP contribution in [0.15, 0.2) is 36.4 Å². The quantitative estimate of drug-likeness (QED) is 0.508. The van der Waals surface area contributed by atoms with Gasteiger partial charge < -0.3 is 35.4 Å². The molecule has 7 nitrogen and oxygen atoms in total. The summed E-state index contributed by atoms with van der Waals surface area (Å²) in [5, 5.41) is 37.6. The summed E-state index contributed by atoms with van der Waals surface area (Å²) in [7, 11) is 1.40. The number of ether oxygens (including phenoxy) is 2. The zero-order chi connectivity index (χ0) is 21.3. The summed E-state index contributed by atoms with van der Waals surface area (Å²) in [6, 6.07) is 12.4. The van der Waals surface area contributed by atoms with E-state index in [0.29, 0.717) is 0 Å². The van der Waals surface area contributed by atoms with Crippen LogP contribution >= 0.6 is 0 Å². The van der Waals surface area contributed by atoms with Crippen LogP contribution in [-0.2, 0) is 22.3 Å². The molecule has 2 aliphatic rings. The predicted octanol–water partition coefficient (Wildman–Crippen LogP) is 1.80. The Labute approximate surface area is 176 Å². The highest BCUT2D eigenvalue weighted by molar-refractivity contribution is 5.71. The van der Waals surface area contributed by atoms with Crippen molar-refractivity contribution in [2.75, 3.05) is 30.8 Å². The first-order chi connectivity index (χ1) is 14.5. The van der Waals surface area contributed by atoms with Crippen molar-refractivity contribution in [1.82, 2.24) is 0 Å². The second-order valence-corrected chi connectivity index (χ2v) is 7.92. The fraction of sp³-hybridized carbons (Fsp3) is 0.478. The van der Waals surface area contributed by atoms with E-state index in [2.05, 4.69) is 35.8 Å². The van der Waals surface area contributed by atoms with Crippen LogP contribution < -0.4 is 10.6 Å². The number of fused-ring (bicyclic) bond motifs is 1. The molecule has 5 atom stereocenters. The third kappa shape index (κ3) is 4.04. The summed E-state index contributed by atoms with van der Waals surface area (Å²) < 4.78 is 10.9. The molecule has 2 aromatic carbocycles. The summed E-state index contributed by atoms with van der Waals surface area (Å²) in [5.41, 5.74) is 6.53. The van der Waals surface area contributed by atoms with Crippen molar-refractivity contribution >= 4 is 11.4 Å². The second-order valence-electron chi connectivity index (χ2n) is 7.92. The standard InChI is InChI=1S/C23H30N2O5/c1-3-14-5-6-15(22-20(27)19(26)21(28)23(29-2)30-22)12-16(14)10-13-4-7-17-18(11-13)25-9-8-24-17/h4-7,11-12,19-28H,3,8-10H2,1-2H3/t19-,20-,21+,22+,23+/m1/s1. The van der Waals surface area contributed by atoms with Crippen LogP contribution in [0.4, 0.5) is 11.4 Å². The van der Waals surface area contributed by atoms with Gasteiger partial charge >= 0.3 is 0 Å². The summed E-state index contributed by atoms with van der Waals surface area (Å²) in [5.74, 6) is 0. The molecule has 162 valence electrons. The Morgan fingerprint density at radius 2 is 1.70 bits per heavy atom. The normalized spacial score (nSPS) is 28.4. The number of aliphatic hydroxyl groups excluding tert-OH is 3. The van der Waals surface area contributed by atoms with Gasteiger partial charge in [-0.05, 0) is 47.2 Å². The molecule has 7 heteroatoms. The minimum Gasteiger partial charge on any atom is -0.387 e. The monoisotopic (exact) mass is 414 g/mol. The van der Waals surface area contributed by atoms with Gasteiger partial charge in [0, 0.05) is 20.2 Å². The lowest BCUT2D eigenvalue weighted by molar-refractivity contribution is -0.292. The molecule has 0 bridgehead atoms. The number of anilines is 2. The number of aryl methyl sites for hydroxylation is 1. The topological polar surface area (TPSA) is 103 Å². The number of benzene rings is 2. The van der Waals surface area contributed by atoms with Crippen LogP contribution in [0.5, 0.6) is 0 Å². The van der Waals surface area contributed by atoms with Gasteiger partial charge in [-0.15, -0.1) is 0 Å². The molecule has 0 radical (unpaired) electrons. The first-order valence-electron chi connectivity index (χ1n) is 10.5. The van der Waals surface area contributed by atoms with Gasteiger partial charge in [0.2, 0.25) is 0 Å². The number of nitrogens with one attached hydrogen (secondary N) is 2. The molecule has 30 heavy (non-hydrogen) atoms. The molecule has 0 unspecified atom stereocenters. The van der Waals surface area contributed by atoms with Gasteiger partial charge in [0.1, 0.15) is 24.4 Å². The molecule has 0 amide bonds. The SMILES string of the molecule is CCc1ccc([C@@H]2O[C@H](OC)[C@@H](O)[C@H](O)[C@H]2O)cc1Cc1ccc2c(c1)NCCN2. The number of hydrogen-bond donors (Lipinski definition) is 5. The highest BCUT2D eigenvalue weighted by Gasteiger charge is 2.44. The van der Waals surface area contributed by atoms with E-state index in [4.69, 9.17) is 9.47 Å². The summed E-state index contributed by atoms with van der Waals surface area (Å²) in [6.45, 7) is 3.93. The highest BCUT2D eigenvalue weighted by atomic mass is 16.7. The molecule has 0 aliphatic carbocycles. The molecule has 0 saturated carbocycles. The lowest BCUT2D eigenvalue weighted by Gasteiger charge is -2.40. The van der Waals surface area contributed by atoms with Gasteiger partial charge in [0.15, 0.2) is 6.29 Å². The van der Waals surface area contributed by atoms with Crippen molar-refractivity contribution in [3.8, 4) is 0 Å². The van der Waals surface area contributed by atoms with E-state index in [9.17, 15) is 15.3 Å². The van der Waals surface area contributed by atoms with Gasteiger partial charge in [-0.2, -0.15) is 0 Å². The molecule has 1 saturated heterocycles. The minimum absolute atomic E-state index is 0.744. The first kappa shape index (κ1) is 21.1. The van der Waals surface area contributed by atoms with Crippen LogP contribution in [0.2, 0.25) is 0 Å². The Morgan fingerprint density at radius 3 is 2.43 bits per heavy atom. The Bertz CT molecular complexity index is 888. The van der Waals surface area contributed by atoms with Crippen molar-refractivity contribution in [2.45, 2.75) is 50.5 Å². The van der Waals surface area contributed by atoms with Crippen molar-refractivity contribution in [3.05, 3.63) is 58.7 Å². The maximum atomic E-state index is 10.5. The van der Waals surface area contributed by atoms with Crippen molar-refractivity contribution < 1.29 is 24.8 Å². The predicted molar refractivity (Wildman–Crippen MR) is 115 cm³/mol. The molecule has 2 aromatic rings. The van der Waals surface area contributed by atoms with Crippen LogP contribution in [0.3, 0.4) is 0 Å². The fourth-order valence-corrected chi connectivity index (χ4v) is 4.27. The average Bonchev–Trinajstić information content (AvgIpc) is 2.77. The van der Waals surface area contributed by atoms with E-state index in [1.54, 1.807) is 0 Å². The lowest BCUT2D eigenvalue weighted by atomic mass is 9.89. The molecule has 5 N–H and O–H groups in total. The molecular weight excluding hydrogens is 384 g/mol. The Morgan fingerprint density at radius 1 is 0.933 bits per heavy atom. The molecule has 2 heterocycles. The van der Waals surface area contributed by atoms with Crippen LogP contribution in [0, 0.1) is 0 Å². The highest BCUT2D eigenvalue weighted by Crippen LogP contribution is 2.34. The third-order valence-corrected chi connectivity index (χ3v) is 5.98. The molecule has 2 aliphatic heterocycles. The fourth-order valence-electron chi connectivity index (χ4n) is 4.27. The van der Waals surface area contributed by atoms with E-state index in [1.807, 2.05) is 18.2 Å². The zero-order valence-electron chi connectivity index (χ0n) is 17.3. The summed E-state index contributed by atoms with van der Waals surface area (Å²) >= 11 is 0. The Kier molecular flexibility index (Phi) is 6.26. The van der Waals surface area contributed by atoms with E-state index in [0.717, 1.165) is 48.4 Å². The number of hydrogen-bond acceptors (Lipinski definition) is 7. The molecule has 4 rings (SSSR count). The van der Waals surface area contributed by atoms with Crippen molar-refractivity contribution in [1.29, 1.82) is 0 Å². The molecule has 1 fully saturated rings. The number of rotatable bonds is 5. The van der Waals surface area contributed by atoms with Crippen molar-refractivity contribution in [3.63, 3.8) is 0 Å². The zero-order valence-corrected chi connectivity index (χ0v) is 17.3.